The van der Waals surface area contributed by atoms with E-state index in [-0.39, 0.29) is 11.4 Å². The van der Waals surface area contributed by atoms with Crippen LogP contribution in [-0.2, 0) is 6.54 Å². The van der Waals surface area contributed by atoms with E-state index in [0.717, 1.165) is 30.5 Å². The van der Waals surface area contributed by atoms with Gasteiger partial charge in [0, 0.05) is 30.6 Å². The predicted molar refractivity (Wildman–Crippen MR) is 97.0 cm³/mol. The van der Waals surface area contributed by atoms with Gasteiger partial charge in [0.1, 0.15) is 17.1 Å². The van der Waals surface area contributed by atoms with Gasteiger partial charge in [-0.15, -0.1) is 0 Å². The molecule has 1 heterocycles. The van der Waals surface area contributed by atoms with Crippen molar-refractivity contribution in [1.82, 2.24) is 4.90 Å². The number of aromatic hydroxyl groups is 1. The molecule has 0 aliphatic heterocycles. The number of hydrogen-bond donors (Lipinski definition) is 1. The smallest absolute Gasteiger partial charge is 0.336 e. The zero-order chi connectivity index (χ0) is 17.6. The monoisotopic (exact) mass is 339 g/mol. The molecule has 0 fully saturated rings. The largest absolute Gasteiger partial charge is 0.508 e. The molecule has 0 aliphatic rings. The second-order valence-electron chi connectivity index (χ2n) is 6.06. The van der Waals surface area contributed by atoms with Gasteiger partial charge in [-0.1, -0.05) is 12.1 Å². The first-order chi connectivity index (χ1) is 12.1. The fourth-order valence-corrected chi connectivity index (χ4v) is 2.70. The Morgan fingerprint density at radius 2 is 1.96 bits per heavy atom. The third-order valence-electron chi connectivity index (χ3n) is 3.91. The summed E-state index contributed by atoms with van der Waals surface area (Å²) in [5.74, 6) is 0.981. The first-order valence-corrected chi connectivity index (χ1v) is 8.23. The van der Waals surface area contributed by atoms with Crippen molar-refractivity contribution in [3.8, 4) is 11.5 Å². The number of fused-ring (bicyclic) bond motifs is 1. The van der Waals surface area contributed by atoms with Crippen molar-refractivity contribution >= 4 is 11.0 Å². The van der Waals surface area contributed by atoms with Gasteiger partial charge >= 0.3 is 5.63 Å². The molecule has 0 atom stereocenters. The molecule has 5 heteroatoms. The molecular formula is C20H21NO4. The highest BCUT2D eigenvalue weighted by Crippen LogP contribution is 2.19. The molecule has 0 saturated carbocycles. The average Bonchev–Trinajstić information content (AvgIpc) is 2.58. The lowest BCUT2D eigenvalue weighted by molar-refractivity contribution is 0.258. The van der Waals surface area contributed by atoms with Gasteiger partial charge in [-0.05, 0) is 49.4 Å². The zero-order valence-corrected chi connectivity index (χ0v) is 14.1. The summed E-state index contributed by atoms with van der Waals surface area (Å²) in [6.45, 7) is 2.22. The van der Waals surface area contributed by atoms with Crippen LogP contribution in [0.25, 0.3) is 11.0 Å². The lowest BCUT2D eigenvalue weighted by atomic mass is 10.2. The molecule has 1 N–H and O–H groups in total. The Morgan fingerprint density at radius 1 is 1.12 bits per heavy atom. The van der Waals surface area contributed by atoms with Crippen LogP contribution >= 0.6 is 0 Å². The molecule has 0 unspecified atom stereocenters. The van der Waals surface area contributed by atoms with Gasteiger partial charge in [0.05, 0.1) is 6.61 Å². The van der Waals surface area contributed by atoms with E-state index in [0.29, 0.717) is 17.9 Å². The normalized spacial score (nSPS) is 11.1. The van der Waals surface area contributed by atoms with E-state index in [1.807, 2.05) is 31.3 Å². The van der Waals surface area contributed by atoms with Gasteiger partial charge in [0.25, 0.3) is 0 Å². The van der Waals surface area contributed by atoms with Crippen LogP contribution in [-0.4, -0.2) is 30.2 Å². The molecular weight excluding hydrogens is 318 g/mol. The van der Waals surface area contributed by atoms with E-state index >= 15 is 0 Å². The van der Waals surface area contributed by atoms with Crippen LogP contribution in [0.2, 0.25) is 0 Å². The number of nitrogens with zero attached hydrogens (tertiary/aromatic N) is 1. The lowest BCUT2D eigenvalue weighted by Gasteiger charge is -2.17. The van der Waals surface area contributed by atoms with E-state index in [1.54, 1.807) is 24.3 Å². The molecule has 0 spiro atoms. The first kappa shape index (κ1) is 17.0. The standard InChI is InChI=1S/C20H21NO4/c1-21(14-15-4-2-5-17(22)12-15)10-3-11-24-18-8-6-16-7-9-20(23)25-19(16)13-18/h2,4-9,12-13,22H,3,10-11,14H2,1H3. The second kappa shape index (κ2) is 7.85. The Morgan fingerprint density at radius 3 is 2.80 bits per heavy atom. The lowest BCUT2D eigenvalue weighted by Crippen LogP contribution is -2.20. The van der Waals surface area contributed by atoms with E-state index in [2.05, 4.69) is 4.90 Å². The summed E-state index contributed by atoms with van der Waals surface area (Å²) in [5.41, 5.74) is 1.25. The van der Waals surface area contributed by atoms with Crippen LogP contribution in [0.4, 0.5) is 0 Å². The van der Waals surface area contributed by atoms with Crippen LogP contribution in [0.15, 0.2) is 63.8 Å². The number of phenols is 1. The van der Waals surface area contributed by atoms with Crippen molar-refractivity contribution in [2.75, 3.05) is 20.2 Å². The SMILES string of the molecule is CN(CCCOc1ccc2ccc(=O)oc2c1)Cc1cccc(O)c1. The Balaban J connectivity index is 1.47. The molecule has 2 aromatic carbocycles. The third kappa shape index (κ3) is 4.84. The highest BCUT2D eigenvalue weighted by atomic mass is 16.5. The molecule has 0 saturated heterocycles. The van der Waals surface area contributed by atoms with Crippen molar-refractivity contribution in [3.05, 3.63) is 70.6 Å². The number of phenolic OH excluding ortho intramolecular Hbond substituents is 1. The minimum atomic E-state index is -0.363. The third-order valence-corrected chi connectivity index (χ3v) is 3.91. The van der Waals surface area contributed by atoms with Crippen molar-refractivity contribution in [2.24, 2.45) is 0 Å². The maximum Gasteiger partial charge on any atom is 0.336 e. The van der Waals surface area contributed by atoms with Gasteiger partial charge in [-0.25, -0.2) is 4.79 Å². The average molecular weight is 339 g/mol. The maximum absolute atomic E-state index is 11.3. The molecule has 0 aliphatic carbocycles. The summed E-state index contributed by atoms with van der Waals surface area (Å²) < 4.78 is 10.9. The second-order valence-corrected chi connectivity index (χ2v) is 6.06. The molecule has 130 valence electrons. The molecule has 3 aromatic rings. The quantitative estimate of drug-likeness (QED) is 0.528. The van der Waals surface area contributed by atoms with Gasteiger partial charge in [-0.3, -0.25) is 0 Å². The topological polar surface area (TPSA) is 62.9 Å². The summed E-state index contributed by atoms with van der Waals surface area (Å²) >= 11 is 0. The number of rotatable bonds is 7. The molecule has 0 radical (unpaired) electrons. The van der Waals surface area contributed by atoms with Gasteiger partial charge < -0.3 is 19.2 Å². The predicted octanol–water partition coefficient (Wildman–Crippen LogP) is 3.40. The van der Waals surface area contributed by atoms with E-state index < -0.39 is 0 Å². The van der Waals surface area contributed by atoms with Crippen LogP contribution in [0.3, 0.4) is 0 Å². The summed E-state index contributed by atoms with van der Waals surface area (Å²) in [7, 11) is 2.04. The summed E-state index contributed by atoms with van der Waals surface area (Å²) in [5, 5.41) is 10.4. The fourth-order valence-electron chi connectivity index (χ4n) is 2.70. The Bertz CT molecular complexity index is 903. The minimum Gasteiger partial charge on any atom is -0.508 e. The van der Waals surface area contributed by atoms with Crippen LogP contribution < -0.4 is 10.4 Å². The Hall–Kier alpha value is -2.79. The van der Waals surface area contributed by atoms with Gasteiger partial charge in [0.15, 0.2) is 0 Å². The van der Waals surface area contributed by atoms with Gasteiger partial charge in [-0.2, -0.15) is 0 Å². The first-order valence-electron chi connectivity index (χ1n) is 8.23. The van der Waals surface area contributed by atoms with E-state index in [1.165, 1.54) is 6.07 Å². The van der Waals surface area contributed by atoms with Crippen molar-refractivity contribution < 1.29 is 14.3 Å². The summed E-state index contributed by atoms with van der Waals surface area (Å²) in [6, 6.07) is 15.9. The summed E-state index contributed by atoms with van der Waals surface area (Å²) in [4.78, 5) is 13.5. The van der Waals surface area contributed by atoms with Crippen molar-refractivity contribution in [3.63, 3.8) is 0 Å². The number of benzene rings is 2. The molecule has 0 amide bonds. The zero-order valence-electron chi connectivity index (χ0n) is 14.1. The van der Waals surface area contributed by atoms with E-state index in [9.17, 15) is 9.90 Å². The molecule has 1 aromatic heterocycles. The Labute approximate surface area is 146 Å². The highest BCUT2D eigenvalue weighted by molar-refractivity contribution is 5.77. The minimum absolute atomic E-state index is 0.289. The Kier molecular flexibility index (Phi) is 5.36. The molecule has 25 heavy (non-hydrogen) atoms. The number of ether oxygens (including phenoxy) is 1. The fraction of sp³-hybridized carbons (Fsp3) is 0.250. The molecule has 3 rings (SSSR count). The highest BCUT2D eigenvalue weighted by Gasteiger charge is 2.03. The van der Waals surface area contributed by atoms with Crippen LogP contribution in [0.5, 0.6) is 11.5 Å². The van der Waals surface area contributed by atoms with Gasteiger partial charge in [0.2, 0.25) is 0 Å². The van der Waals surface area contributed by atoms with Crippen LogP contribution in [0, 0.1) is 0 Å². The van der Waals surface area contributed by atoms with E-state index in [4.69, 9.17) is 9.15 Å². The van der Waals surface area contributed by atoms with Crippen molar-refractivity contribution in [1.29, 1.82) is 0 Å². The summed E-state index contributed by atoms with van der Waals surface area (Å²) in [6.07, 6.45) is 0.867. The van der Waals surface area contributed by atoms with Crippen LogP contribution in [0.1, 0.15) is 12.0 Å². The van der Waals surface area contributed by atoms with Crippen molar-refractivity contribution in [2.45, 2.75) is 13.0 Å². The molecule has 0 bridgehead atoms. The number of hydrogen-bond acceptors (Lipinski definition) is 5. The molecule has 5 nitrogen and oxygen atoms in total. The maximum atomic E-state index is 11.3.